The predicted molar refractivity (Wildman–Crippen MR) is 56.3 cm³/mol. The fourth-order valence-corrected chi connectivity index (χ4v) is 1.35. The van der Waals surface area contributed by atoms with Crippen LogP contribution in [0.1, 0.15) is 33.6 Å². The molecule has 14 heavy (non-hydrogen) atoms. The average Bonchev–Trinajstić information content (AvgIpc) is 2.03. The van der Waals surface area contributed by atoms with Crippen molar-refractivity contribution in [3.8, 4) is 0 Å². The molecule has 0 saturated carbocycles. The maximum absolute atomic E-state index is 11.0. The summed E-state index contributed by atoms with van der Waals surface area (Å²) < 4.78 is 5.37. The number of hydrogen-bond acceptors (Lipinski definition) is 2. The molecule has 0 saturated heterocycles. The molecule has 0 rings (SSSR count). The number of rotatable bonds is 7. The van der Waals surface area contributed by atoms with Crippen LogP contribution >= 0.6 is 0 Å². The minimum atomic E-state index is -1.06. The van der Waals surface area contributed by atoms with Gasteiger partial charge in [0.25, 0.3) is 0 Å². The number of carboxylic acid groups (broad SMARTS) is 1. The number of carbonyl (C=O) groups is 1. The third-order valence-electron chi connectivity index (χ3n) is 1.99. The molecule has 1 atom stereocenters. The van der Waals surface area contributed by atoms with Crippen molar-refractivity contribution in [2.24, 2.45) is 5.92 Å². The molecule has 3 heteroatoms. The number of hydrogen-bond donors (Lipinski definition) is 1. The number of ether oxygens (including phenoxy) is 1. The van der Waals surface area contributed by atoms with E-state index in [9.17, 15) is 4.79 Å². The van der Waals surface area contributed by atoms with Crippen molar-refractivity contribution in [2.75, 3.05) is 6.61 Å². The highest BCUT2D eigenvalue weighted by Gasteiger charge is 2.34. The summed E-state index contributed by atoms with van der Waals surface area (Å²) in [4.78, 5) is 11.0. The molecule has 0 heterocycles. The van der Waals surface area contributed by atoms with Gasteiger partial charge in [-0.05, 0) is 25.7 Å². The van der Waals surface area contributed by atoms with Crippen LogP contribution in [0.2, 0.25) is 0 Å². The quantitative estimate of drug-likeness (QED) is 0.507. The van der Waals surface area contributed by atoms with Gasteiger partial charge < -0.3 is 9.84 Å². The minimum Gasteiger partial charge on any atom is -0.479 e. The molecule has 0 fully saturated rings. The van der Waals surface area contributed by atoms with E-state index in [0.29, 0.717) is 25.4 Å². The van der Waals surface area contributed by atoms with E-state index < -0.39 is 11.6 Å². The summed E-state index contributed by atoms with van der Waals surface area (Å²) in [5.74, 6) is -0.588. The van der Waals surface area contributed by atoms with Crippen LogP contribution in [0.4, 0.5) is 0 Å². The summed E-state index contributed by atoms with van der Waals surface area (Å²) in [7, 11) is 0. The van der Waals surface area contributed by atoms with E-state index in [0.717, 1.165) is 0 Å². The molecule has 3 nitrogen and oxygen atoms in total. The number of aliphatic carboxylic acids is 1. The molecule has 0 aliphatic rings. The Hall–Kier alpha value is -0.830. The highest BCUT2D eigenvalue weighted by Crippen LogP contribution is 2.21. The van der Waals surface area contributed by atoms with Crippen LogP contribution in [-0.4, -0.2) is 23.3 Å². The second-order valence-corrected chi connectivity index (χ2v) is 4.06. The lowest BCUT2D eigenvalue weighted by Crippen LogP contribution is -2.39. The van der Waals surface area contributed by atoms with Gasteiger partial charge in [0.15, 0.2) is 5.60 Å². The van der Waals surface area contributed by atoms with Gasteiger partial charge in [-0.25, -0.2) is 4.79 Å². The second kappa shape index (κ2) is 5.81. The Morgan fingerprint density at radius 1 is 1.64 bits per heavy atom. The molecule has 0 bridgehead atoms. The van der Waals surface area contributed by atoms with Crippen molar-refractivity contribution in [1.29, 1.82) is 0 Å². The first-order valence-corrected chi connectivity index (χ1v) is 4.90. The van der Waals surface area contributed by atoms with Crippen LogP contribution in [-0.2, 0) is 9.53 Å². The van der Waals surface area contributed by atoms with Crippen LogP contribution in [0.5, 0.6) is 0 Å². The monoisotopic (exact) mass is 200 g/mol. The lowest BCUT2D eigenvalue weighted by Gasteiger charge is -2.26. The van der Waals surface area contributed by atoms with Gasteiger partial charge in [0.05, 0.1) is 6.61 Å². The van der Waals surface area contributed by atoms with Gasteiger partial charge in [-0.2, -0.15) is 0 Å². The van der Waals surface area contributed by atoms with Crippen molar-refractivity contribution in [3.63, 3.8) is 0 Å². The molecule has 0 amide bonds. The number of carboxylic acids is 1. The zero-order valence-electron chi connectivity index (χ0n) is 9.25. The molecule has 82 valence electrons. The first-order valence-electron chi connectivity index (χ1n) is 4.90. The van der Waals surface area contributed by atoms with Crippen LogP contribution < -0.4 is 0 Å². The normalized spacial score (nSPS) is 15.1. The van der Waals surface area contributed by atoms with Crippen molar-refractivity contribution in [3.05, 3.63) is 12.7 Å². The van der Waals surface area contributed by atoms with E-state index in [1.165, 1.54) is 0 Å². The van der Waals surface area contributed by atoms with Gasteiger partial charge in [-0.1, -0.05) is 19.9 Å². The lowest BCUT2D eigenvalue weighted by molar-refractivity contribution is -0.165. The fraction of sp³-hybridized carbons (Fsp3) is 0.727. The summed E-state index contributed by atoms with van der Waals surface area (Å²) in [5, 5.41) is 9.03. The summed E-state index contributed by atoms with van der Waals surface area (Å²) in [5.41, 5.74) is -1.06. The standard InChI is InChI=1S/C11H20O3/c1-5-6-7-14-11(4,10(12)13)8-9(2)3/h5,9H,1,6-8H2,2-4H3,(H,12,13). The van der Waals surface area contributed by atoms with Crippen molar-refractivity contribution >= 4 is 5.97 Å². The average molecular weight is 200 g/mol. The van der Waals surface area contributed by atoms with Gasteiger partial charge in [0.2, 0.25) is 0 Å². The Kier molecular flexibility index (Phi) is 5.46. The van der Waals surface area contributed by atoms with Gasteiger partial charge in [0, 0.05) is 0 Å². The summed E-state index contributed by atoms with van der Waals surface area (Å²) in [6.45, 7) is 9.57. The summed E-state index contributed by atoms with van der Waals surface area (Å²) >= 11 is 0. The Labute approximate surface area is 85.8 Å². The molecule has 0 aliphatic heterocycles. The topological polar surface area (TPSA) is 46.5 Å². The molecule has 0 spiro atoms. The van der Waals surface area contributed by atoms with Crippen molar-refractivity contribution < 1.29 is 14.6 Å². The van der Waals surface area contributed by atoms with Gasteiger partial charge >= 0.3 is 5.97 Å². The Bertz CT molecular complexity index is 199. The molecule has 0 aromatic heterocycles. The van der Waals surface area contributed by atoms with Gasteiger partial charge in [-0.15, -0.1) is 6.58 Å². The van der Waals surface area contributed by atoms with Crippen molar-refractivity contribution in [2.45, 2.75) is 39.2 Å². The first kappa shape index (κ1) is 13.2. The van der Waals surface area contributed by atoms with E-state index in [-0.39, 0.29) is 0 Å². The third kappa shape index (κ3) is 4.42. The fourth-order valence-electron chi connectivity index (χ4n) is 1.35. The molecule has 0 radical (unpaired) electrons. The van der Waals surface area contributed by atoms with E-state index in [1.807, 2.05) is 13.8 Å². The second-order valence-electron chi connectivity index (χ2n) is 4.06. The molecule has 1 unspecified atom stereocenters. The minimum absolute atomic E-state index is 0.305. The van der Waals surface area contributed by atoms with E-state index in [2.05, 4.69) is 6.58 Å². The Balaban J connectivity index is 4.24. The maximum Gasteiger partial charge on any atom is 0.335 e. The molecule has 1 N–H and O–H groups in total. The smallest absolute Gasteiger partial charge is 0.335 e. The SMILES string of the molecule is C=CCCOC(C)(CC(C)C)C(=O)O. The van der Waals surface area contributed by atoms with Crippen LogP contribution in [0.3, 0.4) is 0 Å². The lowest BCUT2D eigenvalue weighted by atomic mass is 9.94. The van der Waals surface area contributed by atoms with Crippen LogP contribution in [0, 0.1) is 5.92 Å². The highest BCUT2D eigenvalue weighted by molar-refractivity contribution is 5.76. The van der Waals surface area contributed by atoms with Crippen molar-refractivity contribution in [1.82, 2.24) is 0 Å². The zero-order valence-corrected chi connectivity index (χ0v) is 9.25. The van der Waals surface area contributed by atoms with E-state index in [4.69, 9.17) is 9.84 Å². The molecule has 0 aromatic carbocycles. The van der Waals surface area contributed by atoms with Gasteiger partial charge in [-0.3, -0.25) is 0 Å². The Morgan fingerprint density at radius 3 is 2.57 bits per heavy atom. The predicted octanol–water partition coefficient (Wildman–Crippen LogP) is 2.47. The zero-order chi connectivity index (χ0) is 11.2. The maximum atomic E-state index is 11.0. The van der Waals surface area contributed by atoms with Crippen LogP contribution in [0.15, 0.2) is 12.7 Å². The first-order chi connectivity index (χ1) is 6.42. The molecular formula is C11H20O3. The largest absolute Gasteiger partial charge is 0.479 e. The summed E-state index contributed by atoms with van der Waals surface area (Å²) in [6.07, 6.45) is 2.93. The third-order valence-corrected chi connectivity index (χ3v) is 1.99. The summed E-state index contributed by atoms with van der Waals surface area (Å²) in [6, 6.07) is 0. The van der Waals surface area contributed by atoms with Gasteiger partial charge in [0.1, 0.15) is 0 Å². The molecule has 0 aromatic rings. The Morgan fingerprint density at radius 2 is 2.21 bits per heavy atom. The van der Waals surface area contributed by atoms with E-state index in [1.54, 1.807) is 13.0 Å². The van der Waals surface area contributed by atoms with Crippen LogP contribution in [0.25, 0.3) is 0 Å². The molecule has 0 aliphatic carbocycles. The van der Waals surface area contributed by atoms with E-state index >= 15 is 0 Å². The molecular weight excluding hydrogens is 180 g/mol. The highest BCUT2D eigenvalue weighted by atomic mass is 16.5.